The van der Waals surface area contributed by atoms with E-state index in [-0.39, 0.29) is 15.6 Å². The number of hydrogen-bond acceptors (Lipinski definition) is 3. The molecule has 1 aromatic rings. The van der Waals surface area contributed by atoms with Gasteiger partial charge in [-0.1, -0.05) is 6.08 Å². The van der Waals surface area contributed by atoms with Crippen LogP contribution < -0.4 is 14.3 Å². The van der Waals surface area contributed by atoms with Crippen molar-refractivity contribution in [3.63, 3.8) is 0 Å². The topological polar surface area (TPSA) is 32.3 Å². The number of carbonyl (C=O) groups excluding carboxylic acids is 1. The summed E-state index contributed by atoms with van der Waals surface area (Å²) in [6.07, 6.45) is 5.38. The summed E-state index contributed by atoms with van der Waals surface area (Å²) in [5.74, 6) is -0.671. The number of nitrogens with one attached hydrogen (secondary N) is 1. The van der Waals surface area contributed by atoms with Crippen LogP contribution >= 0.6 is 12.8 Å². The van der Waals surface area contributed by atoms with Gasteiger partial charge in [-0.3, -0.25) is 9.69 Å². The minimum atomic E-state index is -0.437. The van der Waals surface area contributed by atoms with Gasteiger partial charge < -0.3 is 0 Å². The Bertz CT molecular complexity index is 574. The molecule has 0 bridgehead atoms. The normalized spacial score (nSPS) is 17.8. The Balaban J connectivity index is 2.39. The van der Waals surface area contributed by atoms with Crippen molar-refractivity contribution < 1.29 is 9.18 Å². The summed E-state index contributed by atoms with van der Waals surface area (Å²) in [5.41, 5.74) is 4.10. The summed E-state index contributed by atoms with van der Waals surface area (Å²) in [6, 6.07) is 5.22. The Morgan fingerprint density at radius 3 is 2.62 bits per heavy atom. The molecule has 21 heavy (non-hydrogen) atoms. The van der Waals surface area contributed by atoms with Crippen LogP contribution in [0.5, 0.6) is 0 Å². The molecule has 0 aliphatic heterocycles. The second kappa shape index (κ2) is 6.17. The summed E-state index contributed by atoms with van der Waals surface area (Å²) in [5, 5.41) is 0. The van der Waals surface area contributed by atoms with Crippen molar-refractivity contribution in [3.8, 4) is 0 Å². The fourth-order valence-corrected chi connectivity index (χ4v) is 2.73. The van der Waals surface area contributed by atoms with E-state index in [9.17, 15) is 9.18 Å². The van der Waals surface area contributed by atoms with Crippen LogP contribution in [0.15, 0.2) is 30.5 Å². The SMILES string of the molecule is C/C=C\N(C(C)=O)c1ccc([N+](S)(NC)C2CC2)cc1F. The van der Waals surface area contributed by atoms with Crippen molar-refractivity contribution in [2.75, 3.05) is 11.9 Å². The van der Waals surface area contributed by atoms with Gasteiger partial charge in [-0.25, -0.2) is 4.39 Å². The van der Waals surface area contributed by atoms with Gasteiger partial charge in [-0.05, 0) is 13.0 Å². The molecule has 0 saturated heterocycles. The lowest BCUT2D eigenvalue weighted by Crippen LogP contribution is -2.51. The maximum atomic E-state index is 14.4. The third-order valence-electron chi connectivity index (χ3n) is 3.64. The number of allylic oxidation sites excluding steroid dienone is 1. The van der Waals surface area contributed by atoms with Crippen molar-refractivity contribution in [2.45, 2.75) is 32.7 Å². The molecular weight excluding hydrogens is 289 g/mol. The highest BCUT2D eigenvalue weighted by molar-refractivity contribution is 7.79. The van der Waals surface area contributed by atoms with E-state index in [0.717, 1.165) is 18.5 Å². The van der Waals surface area contributed by atoms with Crippen LogP contribution in [-0.4, -0.2) is 19.0 Å². The zero-order chi connectivity index (χ0) is 15.6. The maximum absolute atomic E-state index is 14.4. The predicted octanol–water partition coefficient (Wildman–Crippen LogP) is 3.16. The van der Waals surface area contributed by atoms with Crippen LogP contribution in [0.25, 0.3) is 0 Å². The average Bonchev–Trinajstić information content (AvgIpc) is 3.29. The Hall–Kier alpha value is -1.37. The van der Waals surface area contributed by atoms with Crippen molar-refractivity contribution in [3.05, 3.63) is 36.3 Å². The molecule has 0 heterocycles. The molecule has 1 fully saturated rings. The molecule has 1 aliphatic rings. The molecule has 1 aliphatic carbocycles. The van der Waals surface area contributed by atoms with Gasteiger partial charge in [0.2, 0.25) is 5.91 Å². The molecule has 0 spiro atoms. The van der Waals surface area contributed by atoms with Gasteiger partial charge in [0.1, 0.15) is 6.04 Å². The van der Waals surface area contributed by atoms with Crippen molar-refractivity contribution in [1.82, 2.24) is 9.42 Å². The van der Waals surface area contributed by atoms with Crippen LogP contribution in [-0.2, 0) is 4.79 Å². The van der Waals surface area contributed by atoms with Crippen molar-refractivity contribution in [1.29, 1.82) is 0 Å². The van der Waals surface area contributed by atoms with E-state index < -0.39 is 5.82 Å². The highest BCUT2D eigenvalue weighted by atomic mass is 32.1. The first kappa shape index (κ1) is 16.0. The molecule has 2 rings (SSSR count). The third kappa shape index (κ3) is 3.12. The number of nitrogens with zero attached hydrogens (tertiary/aromatic N) is 2. The molecule has 1 N–H and O–H groups in total. The minimum Gasteiger partial charge on any atom is -0.285 e. The third-order valence-corrected chi connectivity index (χ3v) is 4.40. The summed E-state index contributed by atoms with van der Waals surface area (Å²) in [6.45, 7) is 3.19. The standard InChI is InChI=1S/C15H21FN3OS/c1-4-9-18(11(2)20)15-8-7-13(10-14(15)16)19(21,17-3)12-5-6-12/h4,7-10,12,17,21H,5-6H2,1-3H3/q+1/b9-4-. The Morgan fingerprint density at radius 2 is 2.19 bits per heavy atom. The molecule has 1 aromatic carbocycles. The zero-order valence-corrected chi connectivity index (χ0v) is 13.4. The molecule has 1 atom stereocenters. The molecule has 1 saturated carbocycles. The number of halogens is 1. The van der Waals surface area contributed by atoms with Crippen LogP contribution in [0, 0.1) is 5.82 Å². The number of benzene rings is 1. The summed E-state index contributed by atoms with van der Waals surface area (Å²) >= 11 is 4.65. The van der Waals surface area contributed by atoms with Gasteiger partial charge in [0, 0.05) is 45.1 Å². The van der Waals surface area contributed by atoms with Crippen molar-refractivity contribution in [2.24, 2.45) is 0 Å². The number of anilines is 1. The molecule has 6 heteroatoms. The summed E-state index contributed by atoms with van der Waals surface area (Å²) in [4.78, 5) is 12.9. The molecule has 1 unspecified atom stereocenters. The van der Waals surface area contributed by atoms with E-state index in [1.54, 1.807) is 38.4 Å². The van der Waals surface area contributed by atoms with Crippen LogP contribution in [0.3, 0.4) is 0 Å². The van der Waals surface area contributed by atoms with E-state index in [0.29, 0.717) is 6.04 Å². The first-order valence-corrected chi connectivity index (χ1v) is 7.37. The van der Waals surface area contributed by atoms with Crippen LogP contribution in [0.4, 0.5) is 15.8 Å². The number of thiol groups is 1. The lowest BCUT2D eigenvalue weighted by molar-refractivity contribution is -0.116. The number of rotatable bonds is 5. The first-order chi connectivity index (χ1) is 9.93. The smallest absolute Gasteiger partial charge is 0.228 e. The van der Waals surface area contributed by atoms with Crippen LogP contribution in [0.1, 0.15) is 26.7 Å². The number of carbonyl (C=O) groups is 1. The number of amides is 1. The molecule has 0 radical (unpaired) electrons. The highest BCUT2D eigenvalue weighted by Gasteiger charge is 2.45. The Kier molecular flexibility index (Phi) is 4.70. The maximum Gasteiger partial charge on any atom is 0.228 e. The second-order valence-electron chi connectivity index (χ2n) is 5.15. The van der Waals surface area contributed by atoms with E-state index in [2.05, 4.69) is 18.2 Å². The van der Waals surface area contributed by atoms with Gasteiger partial charge in [-0.2, -0.15) is 9.42 Å². The quantitative estimate of drug-likeness (QED) is 0.497. The Morgan fingerprint density at radius 1 is 1.52 bits per heavy atom. The van der Waals surface area contributed by atoms with Gasteiger partial charge in [0.15, 0.2) is 11.5 Å². The predicted molar refractivity (Wildman–Crippen MR) is 87.2 cm³/mol. The average molecular weight is 310 g/mol. The van der Waals surface area contributed by atoms with Gasteiger partial charge >= 0.3 is 0 Å². The monoisotopic (exact) mass is 310 g/mol. The van der Waals surface area contributed by atoms with Crippen molar-refractivity contribution >= 4 is 30.1 Å². The number of hydrogen-bond donors (Lipinski definition) is 2. The number of quaternary nitrogens is 1. The van der Waals surface area contributed by atoms with Gasteiger partial charge in [0.05, 0.1) is 18.5 Å². The zero-order valence-electron chi connectivity index (χ0n) is 12.5. The van der Waals surface area contributed by atoms with Gasteiger partial charge in [0.25, 0.3) is 0 Å². The first-order valence-electron chi connectivity index (χ1n) is 6.97. The largest absolute Gasteiger partial charge is 0.285 e. The highest BCUT2D eigenvalue weighted by Crippen LogP contribution is 2.40. The minimum absolute atomic E-state index is 0.209. The summed E-state index contributed by atoms with van der Waals surface area (Å²) < 4.78 is 14.6. The van der Waals surface area contributed by atoms with Gasteiger partial charge in [-0.15, -0.1) is 0 Å². The fraction of sp³-hybridized carbons (Fsp3) is 0.400. The molecule has 0 aromatic heterocycles. The van der Waals surface area contributed by atoms with E-state index >= 15 is 0 Å². The molecule has 4 nitrogen and oxygen atoms in total. The van der Waals surface area contributed by atoms with Crippen LogP contribution in [0.2, 0.25) is 0 Å². The Labute approximate surface area is 130 Å². The molecular formula is C15H21FN3OS+. The molecule has 114 valence electrons. The second-order valence-corrected chi connectivity index (χ2v) is 5.78. The summed E-state index contributed by atoms with van der Waals surface area (Å²) in [7, 11) is 1.80. The lowest BCUT2D eigenvalue weighted by atomic mass is 10.2. The molecule has 1 amide bonds. The van der Waals surface area contributed by atoms with E-state index in [1.165, 1.54) is 17.9 Å². The lowest BCUT2D eigenvalue weighted by Gasteiger charge is -2.30. The fourth-order valence-electron chi connectivity index (χ4n) is 2.38. The van der Waals surface area contributed by atoms with E-state index in [4.69, 9.17) is 0 Å². The van der Waals surface area contributed by atoms with E-state index in [1.807, 2.05) is 0 Å².